The number of para-hydroxylation sites is 1. The van der Waals surface area contributed by atoms with Crippen molar-refractivity contribution in [3.8, 4) is 5.88 Å². The van der Waals surface area contributed by atoms with E-state index in [0.717, 1.165) is 16.8 Å². The van der Waals surface area contributed by atoms with Crippen molar-refractivity contribution >= 4 is 29.0 Å². The number of aliphatic carboxylic acids is 1. The number of aryl methyl sites for hydroxylation is 2. The van der Waals surface area contributed by atoms with E-state index in [9.17, 15) is 31.5 Å². The van der Waals surface area contributed by atoms with E-state index in [-0.39, 0.29) is 36.3 Å². The van der Waals surface area contributed by atoms with Crippen LogP contribution in [-0.2, 0) is 16.2 Å². The second kappa shape index (κ2) is 12.1. The van der Waals surface area contributed by atoms with Gasteiger partial charge in [0, 0.05) is 18.8 Å². The first-order valence-electron chi connectivity index (χ1n) is 12.7. The van der Waals surface area contributed by atoms with Gasteiger partial charge in [-0.25, -0.2) is 13.6 Å². The fourth-order valence-corrected chi connectivity index (χ4v) is 4.56. The van der Waals surface area contributed by atoms with Crippen molar-refractivity contribution in [3.63, 3.8) is 0 Å². The van der Waals surface area contributed by atoms with Crippen molar-refractivity contribution in [1.82, 2.24) is 14.9 Å². The number of amides is 2. The van der Waals surface area contributed by atoms with E-state index in [1.54, 1.807) is 31.0 Å². The lowest BCUT2D eigenvalue weighted by molar-refractivity contribution is -0.192. The number of aromatic nitrogens is 2. The summed E-state index contributed by atoms with van der Waals surface area (Å²) < 4.78 is 67.1. The van der Waals surface area contributed by atoms with Gasteiger partial charge in [-0.2, -0.15) is 22.8 Å². The molecule has 9 nitrogen and oxygen atoms in total. The number of nitrogens with one attached hydrogen (secondary N) is 1. The maximum atomic E-state index is 14.1. The number of fused-ring (bicyclic) bond motifs is 2. The number of ether oxygens (including phenoxy) is 1. The molecular weight excluding hydrogens is 579 g/mol. The molecule has 3 heterocycles. The molecule has 0 saturated carbocycles. The summed E-state index contributed by atoms with van der Waals surface area (Å²) in [5, 5.41) is 14.6. The van der Waals surface area contributed by atoms with E-state index in [1.807, 2.05) is 31.2 Å². The average Bonchev–Trinajstić information content (AvgIpc) is 3.26. The summed E-state index contributed by atoms with van der Waals surface area (Å²) >= 11 is 0. The molecule has 2 aromatic carbocycles. The Kier molecular flexibility index (Phi) is 8.69. The number of pyridine rings is 1. The first-order chi connectivity index (χ1) is 20.2. The van der Waals surface area contributed by atoms with Crippen LogP contribution in [0.2, 0.25) is 0 Å². The molecule has 0 spiro atoms. The fraction of sp³-hybridized carbons (Fsp3) is 0.241. The number of hydrogen-bond acceptors (Lipinski definition) is 5. The van der Waals surface area contributed by atoms with Crippen molar-refractivity contribution in [2.45, 2.75) is 39.1 Å². The molecule has 1 atom stereocenters. The molecule has 0 aliphatic carbocycles. The summed E-state index contributed by atoms with van der Waals surface area (Å²) in [7, 11) is 1.71. The highest BCUT2D eigenvalue weighted by atomic mass is 19.4. The highest BCUT2D eigenvalue weighted by molar-refractivity contribution is 6.03. The second-order valence-corrected chi connectivity index (χ2v) is 9.66. The summed E-state index contributed by atoms with van der Waals surface area (Å²) in [5.74, 6) is -4.40. The van der Waals surface area contributed by atoms with Crippen LogP contribution in [0.4, 0.5) is 27.6 Å². The molecule has 1 aliphatic rings. The van der Waals surface area contributed by atoms with Crippen molar-refractivity contribution in [2.24, 2.45) is 0 Å². The molecule has 2 N–H and O–H groups in total. The maximum Gasteiger partial charge on any atom is 0.490 e. The number of benzene rings is 2. The normalized spacial score (nSPS) is 14.6. The van der Waals surface area contributed by atoms with Crippen molar-refractivity contribution in [1.29, 1.82) is 0 Å². The predicted molar refractivity (Wildman–Crippen MR) is 144 cm³/mol. The van der Waals surface area contributed by atoms with Crippen molar-refractivity contribution in [3.05, 3.63) is 94.2 Å². The molecule has 226 valence electrons. The quantitative estimate of drug-likeness (QED) is 0.300. The first kappa shape index (κ1) is 30.9. The molecule has 2 amide bonds. The van der Waals surface area contributed by atoms with Crippen LogP contribution < -0.4 is 15.0 Å². The summed E-state index contributed by atoms with van der Waals surface area (Å²) in [6, 6.07) is 14.1. The Morgan fingerprint density at radius 1 is 1.07 bits per heavy atom. The van der Waals surface area contributed by atoms with Crippen LogP contribution in [0.1, 0.15) is 45.2 Å². The van der Waals surface area contributed by atoms with Crippen LogP contribution in [0.3, 0.4) is 0 Å². The van der Waals surface area contributed by atoms with Crippen molar-refractivity contribution in [2.75, 3.05) is 11.9 Å². The smallest absolute Gasteiger partial charge is 0.475 e. The van der Waals surface area contributed by atoms with Crippen LogP contribution in [0.25, 0.3) is 5.52 Å². The van der Waals surface area contributed by atoms with E-state index >= 15 is 0 Å². The summed E-state index contributed by atoms with van der Waals surface area (Å²) in [6.45, 7) is 3.18. The van der Waals surface area contributed by atoms with Gasteiger partial charge in [0.1, 0.15) is 18.2 Å². The fourth-order valence-electron chi connectivity index (χ4n) is 4.56. The van der Waals surface area contributed by atoms with Gasteiger partial charge in [0.05, 0.1) is 34.8 Å². The third kappa shape index (κ3) is 6.58. The molecule has 2 aromatic heterocycles. The van der Waals surface area contributed by atoms with E-state index in [2.05, 4.69) is 10.4 Å². The molecular formula is C29H25F5N4O5. The van der Waals surface area contributed by atoms with E-state index < -0.39 is 29.8 Å². The lowest BCUT2D eigenvalue weighted by atomic mass is 9.95. The summed E-state index contributed by atoms with van der Waals surface area (Å²) in [5.41, 5.74) is 3.47. The van der Waals surface area contributed by atoms with Gasteiger partial charge in [0.2, 0.25) is 11.8 Å². The number of halogens is 5. The third-order valence-electron chi connectivity index (χ3n) is 6.65. The largest absolute Gasteiger partial charge is 0.490 e. The van der Waals surface area contributed by atoms with Gasteiger partial charge in [0.25, 0.3) is 5.91 Å². The summed E-state index contributed by atoms with van der Waals surface area (Å²) in [6.07, 6.45) is -4.95. The molecule has 0 radical (unpaired) electrons. The summed E-state index contributed by atoms with van der Waals surface area (Å²) in [4.78, 5) is 36.5. The number of anilines is 1. The minimum absolute atomic E-state index is 0.0949. The zero-order chi connectivity index (χ0) is 31.6. The van der Waals surface area contributed by atoms with Gasteiger partial charge in [0.15, 0.2) is 0 Å². The zero-order valence-electron chi connectivity index (χ0n) is 23.0. The van der Waals surface area contributed by atoms with Crippen LogP contribution >= 0.6 is 0 Å². The van der Waals surface area contributed by atoms with Crippen LogP contribution in [0, 0.1) is 25.5 Å². The van der Waals surface area contributed by atoms with Gasteiger partial charge in [-0.15, -0.1) is 0 Å². The third-order valence-corrected chi connectivity index (χ3v) is 6.65. The lowest BCUT2D eigenvalue weighted by Crippen LogP contribution is -2.39. The topological polar surface area (TPSA) is 113 Å². The Labute approximate surface area is 241 Å². The van der Waals surface area contributed by atoms with Gasteiger partial charge in [-0.05, 0) is 49.2 Å². The van der Waals surface area contributed by atoms with Gasteiger partial charge in [-0.1, -0.05) is 24.3 Å². The number of alkyl halides is 3. The molecule has 1 aliphatic heterocycles. The molecule has 43 heavy (non-hydrogen) atoms. The number of carboxylic acid groups (broad SMARTS) is 1. The van der Waals surface area contributed by atoms with E-state index in [0.29, 0.717) is 16.8 Å². The standard InChI is InChI=1S/C27H24F2N4O3.C2HF3O2/c1-15-11-23-26(27(35)30-21-13-24(34)32(3)22-10-5-4-7-17(21)22)16(2)31-33(23)25(12-15)36-14-18-19(28)8-6-9-20(18)29;3-2(4,5)1(6)7/h4-12,21H,13-14H2,1-3H3,(H,30,35);(H,6,7). The average molecular weight is 605 g/mol. The first-order valence-corrected chi connectivity index (χ1v) is 12.7. The Morgan fingerprint density at radius 2 is 1.70 bits per heavy atom. The number of carboxylic acids is 1. The minimum Gasteiger partial charge on any atom is -0.475 e. The minimum atomic E-state index is -5.08. The molecule has 0 fully saturated rings. The molecule has 0 bridgehead atoms. The number of rotatable bonds is 5. The van der Waals surface area contributed by atoms with E-state index in [1.165, 1.54) is 22.7 Å². The molecule has 4 aromatic rings. The molecule has 1 unspecified atom stereocenters. The Hall–Kier alpha value is -5.01. The predicted octanol–water partition coefficient (Wildman–Crippen LogP) is 5.28. The number of nitrogens with zero attached hydrogens (tertiary/aromatic N) is 3. The zero-order valence-corrected chi connectivity index (χ0v) is 23.0. The Bertz CT molecular complexity index is 1700. The molecule has 14 heteroatoms. The lowest BCUT2D eigenvalue weighted by Gasteiger charge is -2.32. The SMILES string of the molecule is Cc1cc(OCc2c(F)cccc2F)n2nc(C)c(C(=O)NC3CC(=O)N(C)c4ccccc43)c2c1.O=C(O)C(F)(F)F. The van der Waals surface area contributed by atoms with Crippen LogP contribution in [-0.4, -0.2) is 45.7 Å². The van der Waals surface area contributed by atoms with Gasteiger partial charge in [-0.3, -0.25) is 9.59 Å². The second-order valence-electron chi connectivity index (χ2n) is 9.66. The van der Waals surface area contributed by atoms with Gasteiger partial charge < -0.3 is 20.1 Å². The van der Waals surface area contributed by atoms with Crippen LogP contribution in [0.15, 0.2) is 54.6 Å². The van der Waals surface area contributed by atoms with Crippen molar-refractivity contribution < 1.29 is 46.2 Å². The Morgan fingerprint density at radius 3 is 2.33 bits per heavy atom. The van der Waals surface area contributed by atoms with Crippen LogP contribution in [0.5, 0.6) is 5.88 Å². The molecule has 0 saturated heterocycles. The highest BCUT2D eigenvalue weighted by Crippen LogP contribution is 2.34. The highest BCUT2D eigenvalue weighted by Gasteiger charge is 2.38. The number of carbonyl (C=O) groups excluding carboxylic acids is 2. The number of carbonyl (C=O) groups is 3. The monoisotopic (exact) mass is 604 g/mol. The Balaban J connectivity index is 0.000000541. The molecule has 5 rings (SSSR count). The van der Waals surface area contributed by atoms with Gasteiger partial charge >= 0.3 is 12.1 Å². The van der Waals surface area contributed by atoms with E-state index in [4.69, 9.17) is 14.6 Å². The maximum absolute atomic E-state index is 14.1. The number of hydrogen-bond donors (Lipinski definition) is 2.